The third-order valence-electron chi connectivity index (χ3n) is 3.88. The van der Waals surface area contributed by atoms with Crippen LogP contribution in [0.3, 0.4) is 0 Å². The Morgan fingerprint density at radius 2 is 2.17 bits per heavy atom. The Morgan fingerprint density at radius 1 is 1.38 bits per heavy atom. The van der Waals surface area contributed by atoms with Crippen LogP contribution in [0, 0.1) is 0 Å². The first-order valence-electron chi connectivity index (χ1n) is 7.93. The van der Waals surface area contributed by atoms with Crippen molar-refractivity contribution in [3.8, 4) is 5.88 Å². The number of hydrogen-bond donors (Lipinski definition) is 0. The van der Waals surface area contributed by atoms with E-state index in [4.69, 9.17) is 9.47 Å². The number of rotatable bonds is 4. The highest BCUT2D eigenvalue weighted by Crippen LogP contribution is 2.26. The van der Waals surface area contributed by atoms with Crippen molar-refractivity contribution < 1.29 is 14.3 Å². The number of halogens is 1. The fourth-order valence-electron chi connectivity index (χ4n) is 2.69. The summed E-state index contributed by atoms with van der Waals surface area (Å²) in [5.74, 6) is 0.314. The van der Waals surface area contributed by atoms with Crippen molar-refractivity contribution in [1.29, 1.82) is 0 Å². The number of carbonyl (C=O) groups excluding carboxylic acids is 1. The van der Waals surface area contributed by atoms with Gasteiger partial charge in [-0.15, -0.1) is 0 Å². The lowest BCUT2D eigenvalue weighted by Gasteiger charge is -2.33. The number of ether oxygens (including phenoxy) is 2. The zero-order valence-electron chi connectivity index (χ0n) is 13.4. The number of amides is 1. The van der Waals surface area contributed by atoms with Crippen LogP contribution in [0.4, 0.5) is 0 Å². The van der Waals surface area contributed by atoms with Gasteiger partial charge in [-0.2, -0.15) is 0 Å². The van der Waals surface area contributed by atoms with Crippen LogP contribution < -0.4 is 4.74 Å². The highest BCUT2D eigenvalue weighted by Gasteiger charge is 2.28. The number of pyridine rings is 1. The number of aromatic nitrogens is 1. The maximum absolute atomic E-state index is 12.9. The zero-order valence-corrected chi connectivity index (χ0v) is 15.0. The Hall–Kier alpha value is -1.92. The first kappa shape index (κ1) is 16.9. The monoisotopic (exact) mass is 390 g/mol. The van der Waals surface area contributed by atoms with Gasteiger partial charge in [0.2, 0.25) is 5.88 Å². The van der Waals surface area contributed by atoms with Crippen LogP contribution in [0.25, 0.3) is 0 Å². The molecule has 0 spiro atoms. The van der Waals surface area contributed by atoms with Gasteiger partial charge >= 0.3 is 0 Å². The average Bonchev–Trinajstić information content (AvgIpc) is 2.63. The van der Waals surface area contributed by atoms with Gasteiger partial charge in [0.1, 0.15) is 11.7 Å². The van der Waals surface area contributed by atoms with E-state index in [1.807, 2.05) is 31.2 Å². The number of benzene rings is 1. The second kappa shape index (κ2) is 7.77. The Kier molecular flexibility index (Phi) is 5.48. The maximum atomic E-state index is 12.9. The minimum atomic E-state index is -0.122. The molecular weight excluding hydrogens is 372 g/mol. The van der Waals surface area contributed by atoms with E-state index in [-0.39, 0.29) is 12.0 Å². The molecule has 0 N–H and O–H groups in total. The van der Waals surface area contributed by atoms with Crippen molar-refractivity contribution in [3.05, 3.63) is 58.2 Å². The molecule has 1 atom stereocenters. The Morgan fingerprint density at radius 3 is 2.92 bits per heavy atom. The van der Waals surface area contributed by atoms with Crippen LogP contribution in [0.5, 0.6) is 5.88 Å². The summed E-state index contributed by atoms with van der Waals surface area (Å²) in [4.78, 5) is 18.8. The first-order valence-corrected chi connectivity index (χ1v) is 8.72. The number of nitrogens with zero attached hydrogens (tertiary/aromatic N) is 2. The smallest absolute Gasteiger partial charge is 0.259 e. The summed E-state index contributed by atoms with van der Waals surface area (Å²) in [6, 6.07) is 11.5. The SMILES string of the molecule is CCOc1ncccc1C(=O)N1CCOC(c2ccc(Br)cc2)C1. The number of carbonyl (C=O) groups is 1. The molecular formula is C18H19BrN2O3. The lowest BCUT2D eigenvalue weighted by Crippen LogP contribution is -2.42. The van der Waals surface area contributed by atoms with E-state index in [9.17, 15) is 4.79 Å². The van der Waals surface area contributed by atoms with Crippen LogP contribution in [-0.4, -0.2) is 42.1 Å². The molecule has 1 aromatic heterocycles. The van der Waals surface area contributed by atoms with Gasteiger partial charge in [0.15, 0.2) is 0 Å². The molecule has 2 heterocycles. The van der Waals surface area contributed by atoms with Gasteiger partial charge in [0, 0.05) is 17.2 Å². The van der Waals surface area contributed by atoms with Crippen LogP contribution in [0.1, 0.15) is 28.9 Å². The minimum Gasteiger partial charge on any atom is -0.477 e. The second-order valence-corrected chi connectivity index (χ2v) is 6.37. The van der Waals surface area contributed by atoms with Crippen molar-refractivity contribution in [3.63, 3.8) is 0 Å². The topological polar surface area (TPSA) is 51.7 Å². The summed E-state index contributed by atoms with van der Waals surface area (Å²) < 4.78 is 12.3. The lowest BCUT2D eigenvalue weighted by atomic mass is 10.1. The van der Waals surface area contributed by atoms with Gasteiger partial charge in [-0.25, -0.2) is 4.98 Å². The third kappa shape index (κ3) is 3.76. The summed E-state index contributed by atoms with van der Waals surface area (Å²) in [7, 11) is 0. The summed E-state index contributed by atoms with van der Waals surface area (Å²) in [6.07, 6.45) is 1.51. The highest BCUT2D eigenvalue weighted by molar-refractivity contribution is 9.10. The van der Waals surface area contributed by atoms with Crippen LogP contribution >= 0.6 is 15.9 Å². The highest BCUT2D eigenvalue weighted by atomic mass is 79.9. The molecule has 24 heavy (non-hydrogen) atoms. The third-order valence-corrected chi connectivity index (χ3v) is 4.41. The quantitative estimate of drug-likeness (QED) is 0.801. The molecule has 0 radical (unpaired) electrons. The summed E-state index contributed by atoms with van der Waals surface area (Å²) in [5.41, 5.74) is 1.56. The van der Waals surface area contributed by atoms with Crippen molar-refractivity contribution >= 4 is 21.8 Å². The van der Waals surface area contributed by atoms with Gasteiger partial charge in [-0.3, -0.25) is 4.79 Å². The van der Waals surface area contributed by atoms with E-state index in [0.717, 1.165) is 10.0 Å². The minimum absolute atomic E-state index is 0.0723. The fourth-order valence-corrected chi connectivity index (χ4v) is 2.95. The molecule has 1 saturated heterocycles. The predicted octanol–water partition coefficient (Wildman–Crippen LogP) is 3.46. The Bertz CT molecular complexity index is 706. The Balaban J connectivity index is 1.77. The molecule has 1 aromatic carbocycles. The van der Waals surface area contributed by atoms with Crippen molar-refractivity contribution in [2.24, 2.45) is 0 Å². The fraction of sp³-hybridized carbons (Fsp3) is 0.333. The predicted molar refractivity (Wildman–Crippen MR) is 94.1 cm³/mol. The second-order valence-electron chi connectivity index (χ2n) is 5.45. The molecule has 0 saturated carbocycles. The summed E-state index contributed by atoms with van der Waals surface area (Å²) >= 11 is 3.43. The van der Waals surface area contributed by atoms with E-state index < -0.39 is 0 Å². The molecule has 1 aliphatic rings. The molecule has 126 valence electrons. The van der Waals surface area contributed by atoms with Crippen LogP contribution in [0.2, 0.25) is 0 Å². The molecule has 6 heteroatoms. The lowest BCUT2D eigenvalue weighted by molar-refractivity contribution is -0.0229. The largest absolute Gasteiger partial charge is 0.477 e. The molecule has 3 rings (SSSR count). The van der Waals surface area contributed by atoms with Gasteiger partial charge in [-0.1, -0.05) is 28.1 Å². The van der Waals surface area contributed by atoms with Crippen molar-refractivity contribution in [2.75, 3.05) is 26.3 Å². The van der Waals surface area contributed by atoms with Gasteiger partial charge in [-0.05, 0) is 36.8 Å². The molecule has 0 aliphatic carbocycles. The van der Waals surface area contributed by atoms with Crippen molar-refractivity contribution in [1.82, 2.24) is 9.88 Å². The summed E-state index contributed by atoms with van der Waals surface area (Å²) in [6.45, 7) is 3.94. The maximum Gasteiger partial charge on any atom is 0.259 e. The van der Waals surface area contributed by atoms with E-state index in [1.54, 1.807) is 23.2 Å². The summed E-state index contributed by atoms with van der Waals surface area (Å²) in [5, 5.41) is 0. The molecule has 1 aliphatic heterocycles. The molecule has 1 amide bonds. The van der Waals surface area contributed by atoms with Crippen molar-refractivity contribution in [2.45, 2.75) is 13.0 Å². The number of morpholine rings is 1. The Labute approximate surface area is 149 Å². The standard InChI is InChI=1S/C18H19BrN2O3/c1-2-23-17-15(4-3-9-20-17)18(22)21-10-11-24-16(12-21)13-5-7-14(19)8-6-13/h3-9,16H,2,10-12H2,1H3. The normalized spacial score (nSPS) is 17.6. The van der Waals surface area contributed by atoms with Gasteiger partial charge in [0.05, 0.1) is 19.8 Å². The zero-order chi connectivity index (χ0) is 16.9. The molecule has 0 bridgehead atoms. The van der Waals surface area contributed by atoms with Gasteiger partial charge in [0.25, 0.3) is 5.91 Å². The van der Waals surface area contributed by atoms with E-state index in [1.165, 1.54) is 0 Å². The average molecular weight is 391 g/mol. The van der Waals surface area contributed by atoms with E-state index >= 15 is 0 Å². The van der Waals surface area contributed by atoms with E-state index in [2.05, 4.69) is 20.9 Å². The first-order chi connectivity index (χ1) is 11.7. The van der Waals surface area contributed by atoms with Crippen LogP contribution in [-0.2, 0) is 4.74 Å². The number of hydrogen-bond acceptors (Lipinski definition) is 4. The molecule has 5 nitrogen and oxygen atoms in total. The van der Waals surface area contributed by atoms with E-state index in [0.29, 0.717) is 37.7 Å². The molecule has 1 fully saturated rings. The molecule has 1 unspecified atom stereocenters. The van der Waals surface area contributed by atoms with Crippen LogP contribution in [0.15, 0.2) is 47.1 Å². The molecule has 2 aromatic rings. The van der Waals surface area contributed by atoms with Gasteiger partial charge < -0.3 is 14.4 Å².